The number of imidazole rings is 1. The van der Waals surface area contributed by atoms with E-state index in [1.807, 2.05) is 47.3 Å². The summed E-state index contributed by atoms with van der Waals surface area (Å²) in [4.78, 5) is 12.8. The van der Waals surface area contributed by atoms with Crippen molar-refractivity contribution < 1.29 is 0 Å². The predicted octanol–water partition coefficient (Wildman–Crippen LogP) is 1.24. The molecule has 1 atom stereocenters. The maximum absolute atomic E-state index is 9.37. The molecular formula is C18H14N10. The summed E-state index contributed by atoms with van der Waals surface area (Å²) >= 11 is 0. The highest BCUT2D eigenvalue weighted by molar-refractivity contribution is 5.98. The van der Waals surface area contributed by atoms with Crippen LogP contribution in [-0.2, 0) is 0 Å². The van der Waals surface area contributed by atoms with Crippen molar-refractivity contribution in [1.82, 2.24) is 19.9 Å². The molecule has 0 amide bonds. The lowest BCUT2D eigenvalue weighted by Crippen LogP contribution is -2.32. The molecule has 0 fully saturated rings. The highest BCUT2D eigenvalue weighted by Gasteiger charge is 2.29. The third-order valence-electron chi connectivity index (χ3n) is 4.37. The number of nitrogens with two attached hydrogens (primary N) is 2. The van der Waals surface area contributed by atoms with Crippen molar-refractivity contribution in [3.8, 4) is 17.9 Å². The van der Waals surface area contributed by atoms with E-state index in [1.54, 1.807) is 12.5 Å². The number of guanidine groups is 1. The molecular weight excluding hydrogens is 356 g/mol. The van der Waals surface area contributed by atoms with E-state index in [1.165, 1.54) is 0 Å². The summed E-state index contributed by atoms with van der Waals surface area (Å²) in [7, 11) is 0. The van der Waals surface area contributed by atoms with E-state index in [4.69, 9.17) is 16.7 Å². The van der Waals surface area contributed by atoms with Crippen LogP contribution in [0.5, 0.6) is 0 Å². The van der Waals surface area contributed by atoms with Gasteiger partial charge in [0, 0.05) is 23.6 Å². The largest absolute Gasteiger partial charge is 0.397 e. The first-order valence-electron chi connectivity index (χ1n) is 8.19. The zero-order chi connectivity index (χ0) is 19.7. The van der Waals surface area contributed by atoms with Crippen LogP contribution in [0.3, 0.4) is 0 Å². The lowest BCUT2D eigenvalue weighted by Gasteiger charge is -2.26. The summed E-state index contributed by atoms with van der Waals surface area (Å²) in [6, 6.07) is 9.03. The number of nitrogens with one attached hydrogen (secondary N) is 2. The smallest absolute Gasteiger partial charge is 0.211 e. The molecule has 1 aliphatic rings. The van der Waals surface area contributed by atoms with Gasteiger partial charge in [-0.2, -0.15) is 10.5 Å². The second-order valence-electron chi connectivity index (χ2n) is 5.96. The Labute approximate surface area is 159 Å². The van der Waals surface area contributed by atoms with Gasteiger partial charge in [-0.25, -0.2) is 15.0 Å². The van der Waals surface area contributed by atoms with Gasteiger partial charge in [-0.3, -0.25) is 5.32 Å². The van der Waals surface area contributed by atoms with Gasteiger partial charge >= 0.3 is 0 Å². The SMILES string of the molecule is N#CNC1=NC(c2ccc(-n3ccnc3)cc2)c2c(nc(N)c(C#N)c2N)N1. The summed E-state index contributed by atoms with van der Waals surface area (Å²) in [5.74, 6) is 0.582. The monoisotopic (exact) mass is 370 g/mol. The van der Waals surface area contributed by atoms with Crippen molar-refractivity contribution in [2.75, 3.05) is 16.8 Å². The van der Waals surface area contributed by atoms with E-state index in [2.05, 4.69) is 25.6 Å². The average Bonchev–Trinajstić information content (AvgIpc) is 3.23. The molecule has 10 heteroatoms. The van der Waals surface area contributed by atoms with Gasteiger partial charge in [0.2, 0.25) is 5.96 Å². The zero-order valence-electron chi connectivity index (χ0n) is 14.5. The number of nitrogens with zero attached hydrogens (tertiary/aromatic N) is 6. The lowest BCUT2D eigenvalue weighted by molar-refractivity contribution is 0.845. The average molecular weight is 370 g/mol. The first-order chi connectivity index (χ1) is 13.6. The number of hydrogen-bond acceptors (Lipinski definition) is 9. The summed E-state index contributed by atoms with van der Waals surface area (Å²) < 4.78 is 1.87. The Kier molecular flexibility index (Phi) is 3.99. The lowest BCUT2D eigenvalue weighted by atomic mass is 9.95. The predicted molar refractivity (Wildman–Crippen MR) is 103 cm³/mol. The van der Waals surface area contributed by atoms with Crippen LogP contribution >= 0.6 is 0 Å². The molecule has 6 N–H and O–H groups in total. The molecule has 0 aliphatic carbocycles. The van der Waals surface area contributed by atoms with Crippen LogP contribution in [0.1, 0.15) is 22.7 Å². The van der Waals surface area contributed by atoms with Crippen LogP contribution in [0.4, 0.5) is 17.3 Å². The molecule has 0 spiro atoms. The Morgan fingerprint density at radius 3 is 2.61 bits per heavy atom. The molecule has 0 radical (unpaired) electrons. The fraction of sp³-hybridized carbons (Fsp3) is 0.0556. The highest BCUT2D eigenvalue weighted by atomic mass is 15.2. The van der Waals surface area contributed by atoms with E-state index in [-0.39, 0.29) is 23.0 Å². The molecule has 1 aliphatic heterocycles. The summed E-state index contributed by atoms with van der Waals surface area (Å²) in [5, 5.41) is 23.7. The van der Waals surface area contributed by atoms with Crippen LogP contribution in [0.25, 0.3) is 5.69 Å². The van der Waals surface area contributed by atoms with Crippen LogP contribution in [-0.4, -0.2) is 20.5 Å². The second kappa shape index (κ2) is 6.63. The molecule has 28 heavy (non-hydrogen) atoms. The van der Waals surface area contributed by atoms with Crippen molar-refractivity contribution in [3.05, 3.63) is 59.7 Å². The van der Waals surface area contributed by atoms with Gasteiger partial charge < -0.3 is 21.4 Å². The summed E-state index contributed by atoms with van der Waals surface area (Å²) in [6.07, 6.45) is 7.06. The third kappa shape index (κ3) is 2.71. The number of nitrogen functional groups attached to an aromatic ring is 2. The first kappa shape index (κ1) is 16.9. The highest BCUT2D eigenvalue weighted by Crippen LogP contribution is 2.40. The maximum atomic E-state index is 9.37. The van der Waals surface area contributed by atoms with Gasteiger partial charge in [0.15, 0.2) is 6.19 Å². The number of benzene rings is 1. The number of fused-ring (bicyclic) bond motifs is 1. The molecule has 1 aromatic carbocycles. The number of aromatic nitrogens is 3. The van der Waals surface area contributed by atoms with Crippen molar-refractivity contribution in [3.63, 3.8) is 0 Å². The molecule has 3 heterocycles. The summed E-state index contributed by atoms with van der Waals surface area (Å²) in [5.41, 5.74) is 14.6. The van der Waals surface area contributed by atoms with Crippen LogP contribution in [0, 0.1) is 22.8 Å². The second-order valence-corrected chi connectivity index (χ2v) is 5.96. The number of aliphatic imine (C=N–C) groups is 1. The van der Waals surface area contributed by atoms with Gasteiger partial charge in [0.05, 0.1) is 12.0 Å². The molecule has 0 bridgehead atoms. The minimum absolute atomic E-state index is 0.0127. The molecule has 3 aromatic rings. The van der Waals surface area contributed by atoms with Gasteiger partial charge in [0.25, 0.3) is 0 Å². The van der Waals surface area contributed by atoms with Gasteiger partial charge in [0.1, 0.15) is 29.3 Å². The van der Waals surface area contributed by atoms with Gasteiger partial charge in [-0.05, 0) is 17.7 Å². The Morgan fingerprint density at radius 1 is 1.18 bits per heavy atom. The normalized spacial score (nSPS) is 14.8. The molecule has 136 valence electrons. The number of rotatable bonds is 2. The molecule has 0 saturated carbocycles. The minimum Gasteiger partial charge on any atom is -0.397 e. The fourth-order valence-electron chi connectivity index (χ4n) is 3.06. The zero-order valence-corrected chi connectivity index (χ0v) is 14.5. The van der Waals surface area contributed by atoms with Crippen molar-refractivity contribution in [2.45, 2.75) is 6.04 Å². The van der Waals surface area contributed by atoms with Crippen LogP contribution in [0.15, 0.2) is 48.0 Å². The Hall–Kier alpha value is -4.57. The quantitative estimate of drug-likeness (QED) is 0.386. The van der Waals surface area contributed by atoms with E-state index in [0.29, 0.717) is 11.4 Å². The van der Waals surface area contributed by atoms with Crippen molar-refractivity contribution in [2.24, 2.45) is 4.99 Å². The van der Waals surface area contributed by atoms with E-state index >= 15 is 0 Å². The number of pyridine rings is 1. The number of hydrogen-bond donors (Lipinski definition) is 4. The fourth-order valence-corrected chi connectivity index (χ4v) is 3.06. The third-order valence-corrected chi connectivity index (χ3v) is 4.37. The van der Waals surface area contributed by atoms with E-state index in [0.717, 1.165) is 11.3 Å². The molecule has 2 aromatic heterocycles. The summed E-state index contributed by atoms with van der Waals surface area (Å²) in [6.45, 7) is 0. The topological polar surface area (TPSA) is 167 Å². The minimum atomic E-state index is -0.566. The number of anilines is 3. The van der Waals surface area contributed by atoms with Gasteiger partial charge in [-0.15, -0.1) is 0 Å². The van der Waals surface area contributed by atoms with Crippen LogP contribution < -0.4 is 22.1 Å². The molecule has 10 nitrogen and oxygen atoms in total. The number of nitriles is 2. The standard InChI is InChI=1S/C18H14N10/c19-7-12-14(21)13-15(25-18(24-8-20)27-17(13)26-16(12)22)10-1-3-11(4-2-10)28-6-5-23-9-28/h1-6,9,15H,(H6,21,22,24,25,26,27). The van der Waals surface area contributed by atoms with Crippen LogP contribution in [0.2, 0.25) is 0 Å². The van der Waals surface area contributed by atoms with Crippen molar-refractivity contribution in [1.29, 1.82) is 10.5 Å². The Morgan fingerprint density at radius 2 is 1.96 bits per heavy atom. The van der Waals surface area contributed by atoms with E-state index < -0.39 is 6.04 Å². The van der Waals surface area contributed by atoms with Gasteiger partial charge in [-0.1, -0.05) is 12.1 Å². The molecule has 4 rings (SSSR count). The maximum Gasteiger partial charge on any atom is 0.211 e. The first-order valence-corrected chi connectivity index (χ1v) is 8.19. The Bertz CT molecular complexity index is 1150. The molecule has 1 unspecified atom stereocenters. The molecule has 0 saturated heterocycles. The van der Waals surface area contributed by atoms with E-state index in [9.17, 15) is 5.26 Å². The van der Waals surface area contributed by atoms with Crippen molar-refractivity contribution >= 4 is 23.3 Å². The Balaban J connectivity index is 1.84.